The summed E-state index contributed by atoms with van der Waals surface area (Å²) < 4.78 is 38.8. The van der Waals surface area contributed by atoms with Crippen LogP contribution in [-0.2, 0) is 14.8 Å². The van der Waals surface area contributed by atoms with E-state index in [2.05, 4.69) is 15.0 Å². The van der Waals surface area contributed by atoms with Gasteiger partial charge in [-0.2, -0.15) is 16.5 Å². The van der Waals surface area contributed by atoms with Gasteiger partial charge in [0, 0.05) is 22.0 Å². The zero-order valence-corrected chi connectivity index (χ0v) is 21.9. The minimum atomic E-state index is -3.92. The first kappa shape index (κ1) is 26.3. The number of aromatic nitrogens is 1. The van der Waals surface area contributed by atoms with Crippen LogP contribution in [0.15, 0.2) is 52.7 Å². The Morgan fingerprint density at radius 1 is 1.18 bits per heavy atom. The minimum Gasteiger partial charge on any atom is -0.497 e. The first-order valence-electron chi connectivity index (χ1n) is 10.0. The SMILES string of the molecule is COc1ccc(-c2csc(NC(=O)[C@@H](CCSC)NS(=O)(=O)c3ccc(Cl)cc3)n2)c(OC)c1. The van der Waals surface area contributed by atoms with Crippen LogP contribution in [0.4, 0.5) is 5.13 Å². The second kappa shape index (κ2) is 11.9. The zero-order chi connectivity index (χ0) is 24.7. The fourth-order valence-electron chi connectivity index (χ4n) is 3.01. The summed E-state index contributed by atoms with van der Waals surface area (Å²) in [5.41, 5.74) is 1.35. The number of thiazole rings is 1. The summed E-state index contributed by atoms with van der Waals surface area (Å²) in [7, 11) is -0.800. The molecule has 2 aromatic carbocycles. The van der Waals surface area contributed by atoms with Crippen molar-refractivity contribution in [1.29, 1.82) is 0 Å². The van der Waals surface area contributed by atoms with Gasteiger partial charge in [0.1, 0.15) is 17.5 Å². The maximum Gasteiger partial charge on any atom is 0.244 e. The van der Waals surface area contributed by atoms with Crippen molar-refractivity contribution in [3.8, 4) is 22.8 Å². The summed E-state index contributed by atoms with van der Waals surface area (Å²) in [6.45, 7) is 0. The molecule has 0 bridgehead atoms. The number of nitrogens with zero attached hydrogens (tertiary/aromatic N) is 1. The van der Waals surface area contributed by atoms with Crippen LogP contribution in [0, 0.1) is 0 Å². The van der Waals surface area contributed by atoms with Crippen LogP contribution in [0.25, 0.3) is 11.3 Å². The molecule has 0 aliphatic carbocycles. The predicted octanol–water partition coefficient (Wildman–Crippen LogP) is 4.52. The number of amides is 1. The van der Waals surface area contributed by atoms with E-state index < -0.39 is 22.0 Å². The van der Waals surface area contributed by atoms with Crippen molar-refractivity contribution in [2.45, 2.75) is 17.4 Å². The number of halogens is 1. The van der Waals surface area contributed by atoms with E-state index in [0.29, 0.717) is 39.5 Å². The highest BCUT2D eigenvalue weighted by Crippen LogP contribution is 2.34. The lowest BCUT2D eigenvalue weighted by molar-refractivity contribution is -0.117. The average Bonchev–Trinajstić information content (AvgIpc) is 3.29. The van der Waals surface area contributed by atoms with E-state index in [-0.39, 0.29) is 4.90 Å². The van der Waals surface area contributed by atoms with Gasteiger partial charge >= 0.3 is 0 Å². The molecule has 1 atom stereocenters. The fraction of sp³-hybridized carbons (Fsp3) is 0.273. The van der Waals surface area contributed by atoms with E-state index in [1.54, 1.807) is 31.7 Å². The quantitative estimate of drug-likeness (QED) is 0.367. The van der Waals surface area contributed by atoms with Gasteiger partial charge in [-0.15, -0.1) is 11.3 Å². The molecule has 0 saturated carbocycles. The molecule has 1 heterocycles. The summed E-state index contributed by atoms with van der Waals surface area (Å²) >= 11 is 8.60. The standard InChI is InChI=1S/C22H24ClN3O5S3/c1-30-15-6-9-17(20(12-15)31-2)19-13-33-22(24-19)25-21(27)18(10-11-32-3)26-34(28,29)16-7-4-14(23)5-8-16/h4-9,12-13,18,26H,10-11H2,1-3H3,(H,24,25,27)/t18-/m1/s1. The van der Waals surface area contributed by atoms with E-state index in [1.807, 2.05) is 12.3 Å². The Kier molecular flexibility index (Phi) is 9.20. The molecule has 0 radical (unpaired) electrons. The summed E-state index contributed by atoms with van der Waals surface area (Å²) in [6, 6.07) is 10.1. The number of hydrogen-bond donors (Lipinski definition) is 2. The van der Waals surface area contributed by atoms with E-state index >= 15 is 0 Å². The highest BCUT2D eigenvalue weighted by atomic mass is 35.5. The molecule has 8 nitrogen and oxygen atoms in total. The van der Waals surface area contributed by atoms with Crippen LogP contribution in [0.2, 0.25) is 5.02 Å². The van der Waals surface area contributed by atoms with Gasteiger partial charge in [0.05, 0.1) is 24.8 Å². The van der Waals surface area contributed by atoms with Crippen molar-refractivity contribution in [2.24, 2.45) is 0 Å². The Morgan fingerprint density at radius 3 is 2.56 bits per heavy atom. The van der Waals surface area contributed by atoms with E-state index in [1.165, 1.54) is 47.4 Å². The van der Waals surface area contributed by atoms with Crippen LogP contribution in [-0.4, -0.2) is 51.6 Å². The van der Waals surface area contributed by atoms with Crippen molar-refractivity contribution in [3.63, 3.8) is 0 Å². The van der Waals surface area contributed by atoms with Crippen molar-refractivity contribution >= 4 is 55.8 Å². The second-order valence-corrected chi connectivity index (χ2v) is 11.0. The number of benzene rings is 2. The number of sulfonamides is 1. The predicted molar refractivity (Wildman–Crippen MR) is 138 cm³/mol. The highest BCUT2D eigenvalue weighted by molar-refractivity contribution is 7.98. The smallest absolute Gasteiger partial charge is 0.244 e. The largest absolute Gasteiger partial charge is 0.497 e. The van der Waals surface area contributed by atoms with Gasteiger partial charge < -0.3 is 14.8 Å². The van der Waals surface area contributed by atoms with Gasteiger partial charge in [0.15, 0.2) is 5.13 Å². The number of thioether (sulfide) groups is 1. The van der Waals surface area contributed by atoms with Crippen molar-refractivity contribution in [2.75, 3.05) is 31.5 Å². The summed E-state index contributed by atoms with van der Waals surface area (Å²) in [5.74, 6) is 1.33. The van der Waals surface area contributed by atoms with E-state index in [4.69, 9.17) is 21.1 Å². The lowest BCUT2D eigenvalue weighted by Gasteiger charge is -2.17. The maximum atomic E-state index is 13.0. The number of hydrogen-bond acceptors (Lipinski definition) is 8. The van der Waals surface area contributed by atoms with Crippen molar-refractivity contribution in [1.82, 2.24) is 9.71 Å². The van der Waals surface area contributed by atoms with E-state index in [9.17, 15) is 13.2 Å². The van der Waals surface area contributed by atoms with Gasteiger partial charge in [-0.1, -0.05) is 11.6 Å². The molecule has 0 aliphatic rings. The fourth-order valence-corrected chi connectivity index (χ4v) is 5.55. The molecule has 0 unspecified atom stereocenters. The molecule has 1 amide bonds. The molecule has 3 aromatic rings. The maximum absolute atomic E-state index is 13.0. The van der Waals surface area contributed by atoms with Crippen LogP contribution in [0.5, 0.6) is 11.5 Å². The third-order valence-electron chi connectivity index (χ3n) is 4.77. The number of anilines is 1. The Bertz CT molecular complexity index is 1230. The minimum absolute atomic E-state index is 0.0296. The van der Waals surface area contributed by atoms with Gasteiger partial charge in [-0.25, -0.2) is 13.4 Å². The second-order valence-electron chi connectivity index (χ2n) is 7.00. The highest BCUT2D eigenvalue weighted by Gasteiger charge is 2.26. The molecule has 0 saturated heterocycles. The van der Waals surface area contributed by atoms with Gasteiger partial charge in [-0.3, -0.25) is 4.79 Å². The van der Waals surface area contributed by atoms with Crippen LogP contribution in [0.1, 0.15) is 6.42 Å². The molecule has 34 heavy (non-hydrogen) atoms. The number of carbonyl (C=O) groups excluding carboxylic acids is 1. The number of carbonyl (C=O) groups is 1. The normalized spacial score (nSPS) is 12.2. The summed E-state index contributed by atoms with van der Waals surface area (Å²) in [4.78, 5) is 17.5. The Balaban J connectivity index is 1.78. The Labute approximate surface area is 212 Å². The zero-order valence-electron chi connectivity index (χ0n) is 18.7. The molecule has 0 spiro atoms. The van der Waals surface area contributed by atoms with Crippen molar-refractivity contribution < 1.29 is 22.7 Å². The lowest BCUT2D eigenvalue weighted by atomic mass is 10.1. The number of nitrogens with one attached hydrogen (secondary N) is 2. The summed E-state index contributed by atoms with van der Waals surface area (Å²) in [6.07, 6.45) is 2.20. The molecule has 0 aliphatic heterocycles. The topological polar surface area (TPSA) is 107 Å². The Morgan fingerprint density at radius 2 is 1.91 bits per heavy atom. The monoisotopic (exact) mass is 541 g/mol. The Hall–Kier alpha value is -2.31. The van der Waals surface area contributed by atoms with Crippen LogP contribution < -0.4 is 19.5 Å². The molecule has 3 rings (SSSR count). The number of ether oxygens (including phenoxy) is 2. The van der Waals surface area contributed by atoms with Crippen LogP contribution >= 0.6 is 34.7 Å². The third-order valence-corrected chi connectivity index (χ3v) is 7.91. The first-order chi connectivity index (χ1) is 16.3. The third kappa shape index (κ3) is 6.63. The molecular formula is C22H24ClN3O5S3. The molecule has 0 fully saturated rings. The molecule has 12 heteroatoms. The van der Waals surface area contributed by atoms with Gasteiger partial charge in [-0.05, 0) is 54.8 Å². The molecule has 2 N–H and O–H groups in total. The number of methoxy groups -OCH3 is 2. The molecule has 182 valence electrons. The lowest BCUT2D eigenvalue weighted by Crippen LogP contribution is -2.44. The van der Waals surface area contributed by atoms with Gasteiger partial charge in [0.2, 0.25) is 15.9 Å². The number of rotatable bonds is 11. The first-order valence-corrected chi connectivity index (χ1v) is 14.2. The van der Waals surface area contributed by atoms with Crippen molar-refractivity contribution in [3.05, 3.63) is 52.9 Å². The average molecular weight is 542 g/mol. The van der Waals surface area contributed by atoms with Crippen LogP contribution in [0.3, 0.4) is 0 Å². The summed E-state index contributed by atoms with van der Waals surface area (Å²) in [5, 5.41) is 5.28. The van der Waals surface area contributed by atoms with E-state index in [0.717, 1.165) is 5.56 Å². The van der Waals surface area contributed by atoms with Gasteiger partial charge in [0.25, 0.3) is 0 Å². The molecular weight excluding hydrogens is 518 g/mol. The molecule has 1 aromatic heterocycles.